The van der Waals surface area contributed by atoms with Crippen LogP contribution in [0.5, 0.6) is 0 Å². The lowest BCUT2D eigenvalue weighted by Gasteiger charge is -2.12. The largest absolute Gasteiger partial charge is 0.467 e. The summed E-state index contributed by atoms with van der Waals surface area (Å²) in [5.74, 6) is -0.317. The van der Waals surface area contributed by atoms with E-state index in [9.17, 15) is 18.0 Å². The smallest absolute Gasteiger partial charge is 0.417 e. The zero-order chi connectivity index (χ0) is 13.9. The number of carbonyl (C=O) groups excluding carboxylic acids is 1. The molecule has 6 heteroatoms. The summed E-state index contributed by atoms with van der Waals surface area (Å²) in [6.07, 6.45) is -3.14. The number of hydrogen-bond donors (Lipinski definition) is 1. The van der Waals surface area contributed by atoms with Crippen LogP contribution < -0.4 is 5.32 Å². The number of benzene rings is 1. The molecule has 1 aromatic heterocycles. The second kappa shape index (κ2) is 5.17. The van der Waals surface area contributed by atoms with E-state index >= 15 is 0 Å². The number of hydrogen-bond acceptors (Lipinski definition) is 2. The third-order valence-corrected chi connectivity index (χ3v) is 2.48. The predicted octanol–water partition coefficient (Wildman–Crippen LogP) is 3.23. The van der Waals surface area contributed by atoms with Gasteiger partial charge < -0.3 is 9.73 Å². The molecule has 3 nitrogen and oxygen atoms in total. The molecule has 0 aliphatic heterocycles. The minimum atomic E-state index is -4.56. The first-order valence-corrected chi connectivity index (χ1v) is 5.45. The molecule has 0 radical (unpaired) electrons. The number of furan rings is 1. The van der Waals surface area contributed by atoms with E-state index in [4.69, 9.17) is 4.42 Å². The molecule has 0 saturated heterocycles. The number of amides is 1. The molecule has 0 atom stereocenters. The van der Waals surface area contributed by atoms with Gasteiger partial charge in [-0.1, -0.05) is 12.1 Å². The van der Waals surface area contributed by atoms with Crippen LogP contribution in [0.2, 0.25) is 0 Å². The Bertz CT molecular complexity index is 562. The van der Waals surface area contributed by atoms with Crippen molar-refractivity contribution in [3.63, 3.8) is 0 Å². The van der Waals surface area contributed by atoms with E-state index in [2.05, 4.69) is 5.32 Å². The maximum atomic E-state index is 12.7. The first kappa shape index (κ1) is 13.2. The lowest BCUT2D eigenvalue weighted by atomic mass is 10.1. The van der Waals surface area contributed by atoms with Crippen LogP contribution in [-0.2, 0) is 12.7 Å². The van der Waals surface area contributed by atoms with Gasteiger partial charge >= 0.3 is 6.18 Å². The summed E-state index contributed by atoms with van der Waals surface area (Å²) in [7, 11) is 0. The SMILES string of the molecule is O=C(NCc1ccco1)c1ccccc1C(F)(F)F. The third kappa shape index (κ3) is 3.15. The van der Waals surface area contributed by atoms with Gasteiger partial charge in [0.1, 0.15) is 5.76 Å². The average molecular weight is 269 g/mol. The summed E-state index contributed by atoms with van der Waals surface area (Å²) in [6, 6.07) is 7.90. The van der Waals surface area contributed by atoms with Gasteiger partial charge in [-0.25, -0.2) is 0 Å². The number of rotatable bonds is 3. The van der Waals surface area contributed by atoms with E-state index in [-0.39, 0.29) is 6.54 Å². The van der Waals surface area contributed by atoms with Crippen molar-refractivity contribution in [2.45, 2.75) is 12.7 Å². The molecular weight excluding hydrogens is 259 g/mol. The Balaban J connectivity index is 2.15. The monoisotopic (exact) mass is 269 g/mol. The van der Waals surface area contributed by atoms with Crippen molar-refractivity contribution in [1.29, 1.82) is 0 Å². The quantitative estimate of drug-likeness (QED) is 0.929. The summed E-state index contributed by atoms with van der Waals surface area (Å²) in [5.41, 5.74) is -1.35. The summed E-state index contributed by atoms with van der Waals surface area (Å²) in [4.78, 5) is 11.8. The molecule has 19 heavy (non-hydrogen) atoms. The van der Waals surface area contributed by atoms with Gasteiger partial charge in [0.25, 0.3) is 5.91 Å². The van der Waals surface area contributed by atoms with Crippen LogP contribution in [0.1, 0.15) is 21.7 Å². The molecule has 0 bridgehead atoms. The zero-order valence-electron chi connectivity index (χ0n) is 9.70. The van der Waals surface area contributed by atoms with Crippen LogP contribution in [0, 0.1) is 0 Å². The average Bonchev–Trinajstić information content (AvgIpc) is 2.88. The Labute approximate surface area is 107 Å². The zero-order valence-corrected chi connectivity index (χ0v) is 9.70. The highest BCUT2D eigenvalue weighted by atomic mass is 19.4. The van der Waals surface area contributed by atoms with Crippen LogP contribution >= 0.6 is 0 Å². The van der Waals surface area contributed by atoms with Gasteiger partial charge in [-0.3, -0.25) is 4.79 Å². The van der Waals surface area contributed by atoms with Crippen molar-refractivity contribution in [3.05, 3.63) is 59.5 Å². The normalized spacial score (nSPS) is 11.3. The molecule has 1 heterocycles. The van der Waals surface area contributed by atoms with Gasteiger partial charge in [-0.05, 0) is 24.3 Å². The highest BCUT2D eigenvalue weighted by molar-refractivity contribution is 5.95. The number of nitrogens with one attached hydrogen (secondary N) is 1. The van der Waals surface area contributed by atoms with Crippen molar-refractivity contribution >= 4 is 5.91 Å². The Morgan fingerprint density at radius 2 is 1.89 bits per heavy atom. The summed E-state index contributed by atoms with van der Waals surface area (Å²) < 4.78 is 43.2. The topological polar surface area (TPSA) is 42.2 Å². The molecule has 0 aliphatic rings. The fourth-order valence-corrected chi connectivity index (χ4v) is 1.60. The third-order valence-electron chi connectivity index (χ3n) is 2.48. The van der Waals surface area contributed by atoms with Crippen LogP contribution in [0.25, 0.3) is 0 Å². The Hall–Kier alpha value is -2.24. The maximum Gasteiger partial charge on any atom is 0.417 e. The van der Waals surface area contributed by atoms with E-state index < -0.39 is 23.2 Å². The van der Waals surface area contributed by atoms with Gasteiger partial charge in [0.2, 0.25) is 0 Å². The first-order valence-electron chi connectivity index (χ1n) is 5.45. The fourth-order valence-electron chi connectivity index (χ4n) is 1.60. The summed E-state index contributed by atoms with van der Waals surface area (Å²) >= 11 is 0. The number of alkyl halides is 3. The highest BCUT2D eigenvalue weighted by Gasteiger charge is 2.34. The molecule has 0 spiro atoms. The Kier molecular flexibility index (Phi) is 3.59. The molecule has 2 rings (SSSR count). The molecule has 2 aromatic rings. The molecule has 1 amide bonds. The molecule has 1 N–H and O–H groups in total. The van der Waals surface area contributed by atoms with Crippen molar-refractivity contribution in [2.24, 2.45) is 0 Å². The minimum absolute atomic E-state index is 0.0397. The van der Waals surface area contributed by atoms with Crippen LogP contribution in [0.4, 0.5) is 13.2 Å². The number of carbonyl (C=O) groups is 1. The molecule has 0 unspecified atom stereocenters. The molecule has 0 aliphatic carbocycles. The molecule has 100 valence electrons. The standard InChI is InChI=1S/C13H10F3NO2/c14-13(15,16)11-6-2-1-5-10(11)12(18)17-8-9-4-3-7-19-9/h1-7H,8H2,(H,17,18). The first-order chi connectivity index (χ1) is 8.98. The summed E-state index contributed by atoms with van der Waals surface area (Å²) in [6.45, 7) is 0.0397. The predicted molar refractivity (Wildman–Crippen MR) is 61.3 cm³/mol. The van der Waals surface area contributed by atoms with E-state index in [0.29, 0.717) is 5.76 Å². The molecular formula is C13H10F3NO2. The molecule has 0 saturated carbocycles. The minimum Gasteiger partial charge on any atom is -0.467 e. The van der Waals surface area contributed by atoms with Gasteiger partial charge in [0.15, 0.2) is 0 Å². The van der Waals surface area contributed by atoms with E-state index in [1.807, 2.05) is 0 Å². The second-order valence-corrected chi connectivity index (χ2v) is 3.81. The Morgan fingerprint density at radius 1 is 1.16 bits per heavy atom. The number of halogens is 3. The van der Waals surface area contributed by atoms with Gasteiger partial charge in [-0.15, -0.1) is 0 Å². The van der Waals surface area contributed by atoms with Gasteiger partial charge in [0, 0.05) is 0 Å². The fraction of sp³-hybridized carbons (Fsp3) is 0.154. The van der Waals surface area contributed by atoms with Crippen LogP contribution in [0.15, 0.2) is 47.1 Å². The van der Waals surface area contributed by atoms with Crippen LogP contribution in [0.3, 0.4) is 0 Å². The molecule has 0 fully saturated rings. The van der Waals surface area contributed by atoms with E-state index in [1.54, 1.807) is 12.1 Å². The lowest BCUT2D eigenvalue weighted by Crippen LogP contribution is -2.25. The van der Waals surface area contributed by atoms with Crippen molar-refractivity contribution in [2.75, 3.05) is 0 Å². The van der Waals surface area contributed by atoms with Gasteiger partial charge in [0.05, 0.1) is 23.9 Å². The van der Waals surface area contributed by atoms with Crippen molar-refractivity contribution < 1.29 is 22.4 Å². The maximum absolute atomic E-state index is 12.7. The molecule has 1 aromatic carbocycles. The van der Waals surface area contributed by atoms with Crippen molar-refractivity contribution in [3.8, 4) is 0 Å². The Morgan fingerprint density at radius 3 is 2.53 bits per heavy atom. The van der Waals surface area contributed by atoms with Crippen molar-refractivity contribution in [1.82, 2.24) is 5.32 Å². The van der Waals surface area contributed by atoms with Gasteiger partial charge in [-0.2, -0.15) is 13.2 Å². The lowest BCUT2D eigenvalue weighted by molar-refractivity contribution is -0.137. The second-order valence-electron chi connectivity index (χ2n) is 3.81. The van der Waals surface area contributed by atoms with E-state index in [0.717, 1.165) is 12.1 Å². The summed E-state index contributed by atoms with van der Waals surface area (Å²) in [5, 5.41) is 2.38. The van der Waals surface area contributed by atoms with E-state index in [1.165, 1.54) is 18.4 Å². The highest BCUT2D eigenvalue weighted by Crippen LogP contribution is 2.31. The van der Waals surface area contributed by atoms with Crippen LogP contribution in [-0.4, -0.2) is 5.91 Å².